The number of thioether (sulfide) groups is 1. The van der Waals surface area contributed by atoms with Gasteiger partial charge in [-0.3, -0.25) is 4.79 Å². The summed E-state index contributed by atoms with van der Waals surface area (Å²) in [5, 5.41) is 0. The molecule has 1 aromatic heterocycles. The second kappa shape index (κ2) is 6.23. The van der Waals surface area contributed by atoms with E-state index in [9.17, 15) is 4.79 Å². The summed E-state index contributed by atoms with van der Waals surface area (Å²) >= 11 is 4.89. The van der Waals surface area contributed by atoms with Crippen LogP contribution in [0.25, 0.3) is 0 Å². The van der Waals surface area contributed by atoms with Crippen molar-refractivity contribution in [3.63, 3.8) is 0 Å². The first-order chi connectivity index (χ1) is 7.13. The Balaban J connectivity index is 2.24. The quantitative estimate of drug-likeness (QED) is 0.782. The lowest BCUT2D eigenvalue weighted by atomic mass is 10.2. The Morgan fingerprint density at radius 3 is 2.93 bits per heavy atom. The number of furan rings is 1. The molecule has 1 heterocycles. The van der Waals surface area contributed by atoms with E-state index in [1.807, 2.05) is 19.1 Å². The molecule has 1 unspecified atom stereocenters. The third kappa shape index (κ3) is 4.30. The molecule has 0 saturated carbocycles. The molecule has 0 fully saturated rings. The van der Waals surface area contributed by atoms with Gasteiger partial charge in [-0.2, -0.15) is 11.8 Å². The fourth-order valence-electron chi connectivity index (χ4n) is 1.03. The number of hydrogen-bond acceptors (Lipinski definition) is 4. The molecule has 0 radical (unpaired) electrons. The van der Waals surface area contributed by atoms with Crippen LogP contribution in [0.1, 0.15) is 12.7 Å². The molecule has 1 atom stereocenters. The predicted molar refractivity (Wildman–Crippen MR) is 63.8 cm³/mol. The highest BCUT2D eigenvalue weighted by Gasteiger charge is 2.13. The van der Waals surface area contributed by atoms with Crippen LogP contribution >= 0.6 is 27.7 Å². The van der Waals surface area contributed by atoms with Crippen LogP contribution in [0.2, 0.25) is 0 Å². The van der Waals surface area contributed by atoms with E-state index in [4.69, 9.17) is 4.42 Å². The SMILES string of the molecule is COC(=O)C(C)CSCc1ccc(Br)o1. The first kappa shape index (κ1) is 12.6. The number of carbonyl (C=O) groups is 1. The zero-order valence-corrected chi connectivity index (χ0v) is 11.1. The Bertz CT molecular complexity index is 324. The van der Waals surface area contributed by atoms with Crippen LogP contribution in [0.3, 0.4) is 0 Å². The summed E-state index contributed by atoms with van der Waals surface area (Å²) in [6.45, 7) is 1.86. The van der Waals surface area contributed by atoms with Crippen molar-refractivity contribution >= 4 is 33.7 Å². The summed E-state index contributed by atoms with van der Waals surface area (Å²) in [4.78, 5) is 11.1. The van der Waals surface area contributed by atoms with Gasteiger partial charge in [0.1, 0.15) is 5.76 Å². The van der Waals surface area contributed by atoms with Crippen molar-refractivity contribution in [1.29, 1.82) is 0 Å². The molecule has 1 rings (SSSR count). The number of ether oxygens (including phenoxy) is 1. The average molecular weight is 293 g/mol. The predicted octanol–water partition coefficient (Wildman–Crippen LogP) is 3.08. The van der Waals surface area contributed by atoms with Crippen molar-refractivity contribution in [2.45, 2.75) is 12.7 Å². The van der Waals surface area contributed by atoms with E-state index in [2.05, 4.69) is 20.7 Å². The van der Waals surface area contributed by atoms with Gasteiger partial charge in [-0.1, -0.05) is 6.92 Å². The van der Waals surface area contributed by atoms with Crippen LogP contribution in [-0.4, -0.2) is 18.8 Å². The molecule has 0 amide bonds. The lowest BCUT2D eigenvalue weighted by Crippen LogP contribution is -2.14. The van der Waals surface area contributed by atoms with Crippen molar-refractivity contribution in [2.24, 2.45) is 5.92 Å². The second-order valence-electron chi connectivity index (χ2n) is 3.15. The zero-order valence-electron chi connectivity index (χ0n) is 8.66. The number of halogens is 1. The molecule has 3 nitrogen and oxygen atoms in total. The average Bonchev–Trinajstić information content (AvgIpc) is 2.63. The third-order valence-corrected chi connectivity index (χ3v) is 3.50. The summed E-state index contributed by atoms with van der Waals surface area (Å²) < 4.78 is 10.7. The van der Waals surface area contributed by atoms with Crippen LogP contribution in [-0.2, 0) is 15.3 Å². The van der Waals surface area contributed by atoms with Crippen molar-refractivity contribution in [2.75, 3.05) is 12.9 Å². The van der Waals surface area contributed by atoms with E-state index < -0.39 is 0 Å². The van der Waals surface area contributed by atoms with Gasteiger partial charge in [-0.05, 0) is 28.1 Å². The highest BCUT2D eigenvalue weighted by Crippen LogP contribution is 2.20. The zero-order chi connectivity index (χ0) is 11.3. The Morgan fingerprint density at radius 1 is 1.67 bits per heavy atom. The van der Waals surface area contributed by atoms with Crippen LogP contribution in [0.5, 0.6) is 0 Å². The Labute approximate surface area is 102 Å². The molecular weight excluding hydrogens is 280 g/mol. The molecule has 0 spiro atoms. The molecule has 5 heteroatoms. The largest absolute Gasteiger partial charge is 0.469 e. The number of carbonyl (C=O) groups excluding carboxylic acids is 1. The first-order valence-corrected chi connectivity index (χ1v) is 6.48. The maximum Gasteiger partial charge on any atom is 0.309 e. The lowest BCUT2D eigenvalue weighted by molar-refractivity contribution is -0.143. The van der Waals surface area contributed by atoms with Gasteiger partial charge < -0.3 is 9.15 Å². The molecule has 84 valence electrons. The fourth-order valence-corrected chi connectivity index (χ4v) is 2.34. The first-order valence-electron chi connectivity index (χ1n) is 4.53. The number of rotatable bonds is 5. The summed E-state index contributed by atoms with van der Waals surface area (Å²) in [5.41, 5.74) is 0. The molecule has 0 aromatic carbocycles. The van der Waals surface area contributed by atoms with Gasteiger partial charge in [-0.15, -0.1) is 0 Å². The maximum absolute atomic E-state index is 11.1. The topological polar surface area (TPSA) is 39.4 Å². The summed E-state index contributed by atoms with van der Waals surface area (Å²) in [7, 11) is 1.41. The van der Waals surface area contributed by atoms with Crippen LogP contribution < -0.4 is 0 Å². The van der Waals surface area contributed by atoms with E-state index in [1.165, 1.54) is 7.11 Å². The van der Waals surface area contributed by atoms with Crippen LogP contribution in [0, 0.1) is 5.92 Å². The van der Waals surface area contributed by atoms with Gasteiger partial charge in [0.25, 0.3) is 0 Å². The minimum absolute atomic E-state index is 0.0709. The fraction of sp³-hybridized carbons (Fsp3) is 0.500. The highest BCUT2D eigenvalue weighted by atomic mass is 79.9. The standard InChI is InChI=1S/C10H13BrO3S/c1-7(10(12)13-2)5-15-6-8-3-4-9(11)14-8/h3-4,7H,5-6H2,1-2H3. The Morgan fingerprint density at radius 2 is 2.40 bits per heavy atom. The Kier molecular flexibility index (Phi) is 5.25. The number of esters is 1. The lowest BCUT2D eigenvalue weighted by Gasteiger charge is -2.07. The van der Waals surface area contributed by atoms with Gasteiger partial charge in [0.2, 0.25) is 0 Å². The van der Waals surface area contributed by atoms with Crippen molar-refractivity contribution < 1.29 is 13.9 Å². The van der Waals surface area contributed by atoms with Gasteiger partial charge in [0.05, 0.1) is 18.8 Å². The highest BCUT2D eigenvalue weighted by molar-refractivity contribution is 9.10. The van der Waals surface area contributed by atoms with Gasteiger partial charge in [0.15, 0.2) is 4.67 Å². The summed E-state index contributed by atoms with van der Waals surface area (Å²) in [5.74, 6) is 2.18. The van der Waals surface area contributed by atoms with Gasteiger partial charge in [0, 0.05) is 5.75 Å². The van der Waals surface area contributed by atoms with E-state index in [-0.39, 0.29) is 11.9 Å². The second-order valence-corrected chi connectivity index (χ2v) is 4.96. The van der Waals surface area contributed by atoms with Crippen molar-refractivity contribution in [3.8, 4) is 0 Å². The van der Waals surface area contributed by atoms with Crippen LogP contribution in [0.15, 0.2) is 21.2 Å². The van der Waals surface area contributed by atoms with E-state index in [1.54, 1.807) is 11.8 Å². The molecule has 0 aliphatic rings. The molecular formula is C10H13BrO3S. The van der Waals surface area contributed by atoms with Crippen molar-refractivity contribution in [3.05, 3.63) is 22.6 Å². The molecule has 0 bridgehead atoms. The Hall–Kier alpha value is -0.420. The molecule has 0 aliphatic carbocycles. The van der Waals surface area contributed by atoms with Crippen molar-refractivity contribution in [1.82, 2.24) is 0 Å². The molecule has 0 N–H and O–H groups in total. The molecule has 15 heavy (non-hydrogen) atoms. The van der Waals surface area contributed by atoms with Crippen LogP contribution in [0.4, 0.5) is 0 Å². The van der Waals surface area contributed by atoms with Gasteiger partial charge in [-0.25, -0.2) is 0 Å². The summed E-state index contributed by atoms with van der Waals surface area (Å²) in [6, 6.07) is 3.78. The van der Waals surface area contributed by atoms with Gasteiger partial charge >= 0.3 is 5.97 Å². The smallest absolute Gasteiger partial charge is 0.309 e. The van der Waals surface area contributed by atoms with E-state index >= 15 is 0 Å². The monoisotopic (exact) mass is 292 g/mol. The van der Waals surface area contributed by atoms with E-state index in [0.29, 0.717) is 0 Å². The maximum atomic E-state index is 11.1. The minimum atomic E-state index is -0.164. The minimum Gasteiger partial charge on any atom is -0.469 e. The number of methoxy groups -OCH3 is 1. The number of hydrogen-bond donors (Lipinski definition) is 0. The third-order valence-electron chi connectivity index (χ3n) is 1.84. The molecule has 0 saturated heterocycles. The van der Waals surface area contributed by atoms with E-state index in [0.717, 1.165) is 21.9 Å². The molecule has 1 aromatic rings. The normalized spacial score (nSPS) is 12.5. The molecule has 0 aliphatic heterocycles. The summed E-state index contributed by atoms with van der Waals surface area (Å²) in [6.07, 6.45) is 0.